The second-order valence-corrected chi connectivity index (χ2v) is 4.28. The van der Waals surface area contributed by atoms with E-state index in [2.05, 4.69) is 5.10 Å². The van der Waals surface area contributed by atoms with Crippen molar-refractivity contribution in [3.63, 3.8) is 0 Å². The van der Waals surface area contributed by atoms with Crippen LogP contribution in [0.15, 0.2) is 42.6 Å². The molecular weight excluding hydrogens is 256 g/mol. The van der Waals surface area contributed by atoms with Gasteiger partial charge in [-0.25, -0.2) is 4.79 Å². The summed E-state index contributed by atoms with van der Waals surface area (Å²) in [5.74, 6) is -0.206. The predicted molar refractivity (Wildman–Crippen MR) is 75.6 cm³/mol. The summed E-state index contributed by atoms with van der Waals surface area (Å²) in [6.45, 7) is 3.23. The molecule has 0 unspecified atom stereocenters. The van der Waals surface area contributed by atoms with Crippen LogP contribution in [0.5, 0.6) is 5.75 Å². The molecule has 1 N–H and O–H groups in total. The first kappa shape index (κ1) is 13.9. The number of benzene rings is 1. The summed E-state index contributed by atoms with van der Waals surface area (Å²) in [6.07, 6.45) is 4.41. The van der Waals surface area contributed by atoms with Gasteiger partial charge in [0.05, 0.1) is 6.54 Å². The van der Waals surface area contributed by atoms with Crippen LogP contribution in [0.25, 0.3) is 6.08 Å². The Labute approximate surface area is 117 Å². The molecule has 20 heavy (non-hydrogen) atoms. The molecule has 0 amide bonds. The molecule has 0 fully saturated rings. The number of aliphatic carboxylic acids is 1. The maximum atomic E-state index is 10.4. The highest BCUT2D eigenvalue weighted by molar-refractivity contribution is 5.85. The second kappa shape index (κ2) is 6.56. The van der Waals surface area contributed by atoms with Gasteiger partial charge in [0, 0.05) is 18.0 Å². The maximum absolute atomic E-state index is 10.4. The van der Waals surface area contributed by atoms with E-state index in [4.69, 9.17) is 9.84 Å². The number of nitrogens with zero attached hydrogens (tertiary/aromatic N) is 2. The molecule has 0 aliphatic rings. The summed E-state index contributed by atoms with van der Waals surface area (Å²) >= 11 is 0. The Hall–Kier alpha value is -2.56. The molecule has 2 aromatic rings. The Morgan fingerprint density at radius 2 is 2.10 bits per heavy atom. The number of hydrogen-bond donors (Lipinski definition) is 1. The molecule has 0 bridgehead atoms. The number of aryl methyl sites for hydroxylation is 1. The molecule has 0 radical (unpaired) electrons. The summed E-state index contributed by atoms with van der Waals surface area (Å²) in [7, 11) is 0. The van der Waals surface area contributed by atoms with Crippen LogP contribution in [0, 0.1) is 6.92 Å². The van der Waals surface area contributed by atoms with Gasteiger partial charge in [0.25, 0.3) is 0 Å². The molecule has 5 heteroatoms. The Morgan fingerprint density at radius 1 is 1.35 bits per heavy atom. The minimum absolute atomic E-state index is 0.535. The van der Waals surface area contributed by atoms with Crippen LogP contribution in [0.1, 0.15) is 11.3 Å². The molecule has 0 aliphatic heterocycles. The normalized spacial score (nSPS) is 10.8. The number of ether oxygens (including phenoxy) is 1. The number of aromatic nitrogens is 2. The fraction of sp³-hybridized carbons (Fsp3) is 0.200. The van der Waals surface area contributed by atoms with Gasteiger partial charge in [-0.2, -0.15) is 5.10 Å². The molecule has 0 aliphatic carbocycles. The molecule has 0 spiro atoms. The summed E-state index contributed by atoms with van der Waals surface area (Å²) in [4.78, 5) is 10.4. The van der Waals surface area contributed by atoms with Gasteiger partial charge in [-0.3, -0.25) is 4.68 Å². The monoisotopic (exact) mass is 272 g/mol. The third kappa shape index (κ3) is 3.98. The molecule has 1 heterocycles. The lowest BCUT2D eigenvalue weighted by Gasteiger charge is -2.07. The van der Waals surface area contributed by atoms with Gasteiger partial charge < -0.3 is 9.84 Å². The van der Waals surface area contributed by atoms with Gasteiger partial charge in [-0.1, -0.05) is 12.1 Å². The van der Waals surface area contributed by atoms with Crippen molar-refractivity contribution in [3.8, 4) is 5.75 Å². The zero-order valence-electron chi connectivity index (χ0n) is 11.2. The SMILES string of the molecule is Cc1ccnn1CCOc1ccc(C=CC(=O)O)cc1. The minimum Gasteiger partial charge on any atom is -0.492 e. The first-order chi connectivity index (χ1) is 9.65. The van der Waals surface area contributed by atoms with E-state index in [9.17, 15) is 4.79 Å². The fourth-order valence-corrected chi connectivity index (χ4v) is 1.73. The number of carbonyl (C=O) groups is 1. The average molecular weight is 272 g/mol. The van der Waals surface area contributed by atoms with Crippen LogP contribution in [0.4, 0.5) is 0 Å². The lowest BCUT2D eigenvalue weighted by atomic mass is 10.2. The summed E-state index contributed by atoms with van der Waals surface area (Å²) in [5, 5.41) is 12.7. The van der Waals surface area contributed by atoms with E-state index < -0.39 is 5.97 Å². The van der Waals surface area contributed by atoms with E-state index in [1.807, 2.05) is 41.9 Å². The quantitative estimate of drug-likeness (QED) is 0.820. The van der Waals surface area contributed by atoms with E-state index in [0.717, 1.165) is 23.1 Å². The molecule has 1 aromatic carbocycles. The molecule has 1 aromatic heterocycles. The lowest BCUT2D eigenvalue weighted by molar-refractivity contribution is -0.131. The first-order valence-electron chi connectivity index (χ1n) is 6.27. The molecule has 0 atom stereocenters. The van der Waals surface area contributed by atoms with Gasteiger partial charge in [0.1, 0.15) is 12.4 Å². The van der Waals surface area contributed by atoms with E-state index in [-0.39, 0.29) is 0 Å². The average Bonchev–Trinajstić information content (AvgIpc) is 2.83. The maximum Gasteiger partial charge on any atom is 0.328 e. The van der Waals surface area contributed by atoms with Crippen LogP contribution in [0.3, 0.4) is 0 Å². The van der Waals surface area contributed by atoms with Gasteiger partial charge in [0.15, 0.2) is 0 Å². The van der Waals surface area contributed by atoms with Crippen molar-refractivity contribution in [1.29, 1.82) is 0 Å². The molecule has 5 nitrogen and oxygen atoms in total. The van der Waals surface area contributed by atoms with Crippen LogP contribution < -0.4 is 4.74 Å². The van der Waals surface area contributed by atoms with Gasteiger partial charge >= 0.3 is 5.97 Å². The molecular formula is C15H16N2O3. The van der Waals surface area contributed by atoms with E-state index in [1.165, 1.54) is 0 Å². The number of carboxylic acid groups (broad SMARTS) is 1. The first-order valence-corrected chi connectivity index (χ1v) is 6.27. The third-order valence-corrected chi connectivity index (χ3v) is 2.80. The van der Waals surface area contributed by atoms with Crippen molar-refractivity contribution >= 4 is 12.0 Å². The van der Waals surface area contributed by atoms with Crippen molar-refractivity contribution in [2.75, 3.05) is 6.61 Å². The molecule has 104 valence electrons. The highest BCUT2D eigenvalue weighted by atomic mass is 16.5. The van der Waals surface area contributed by atoms with Crippen LogP contribution in [0.2, 0.25) is 0 Å². The summed E-state index contributed by atoms with van der Waals surface area (Å²) < 4.78 is 7.49. The van der Waals surface area contributed by atoms with E-state index in [0.29, 0.717) is 13.2 Å². The van der Waals surface area contributed by atoms with Crippen molar-refractivity contribution < 1.29 is 14.6 Å². The number of carboxylic acids is 1. The van der Waals surface area contributed by atoms with Crippen LogP contribution in [-0.4, -0.2) is 27.5 Å². The second-order valence-electron chi connectivity index (χ2n) is 4.28. The lowest BCUT2D eigenvalue weighted by Crippen LogP contribution is -2.10. The number of rotatable bonds is 6. The molecule has 0 saturated carbocycles. The third-order valence-electron chi connectivity index (χ3n) is 2.80. The number of hydrogen-bond acceptors (Lipinski definition) is 3. The zero-order valence-corrected chi connectivity index (χ0v) is 11.2. The highest BCUT2D eigenvalue weighted by Crippen LogP contribution is 2.13. The molecule has 2 rings (SSSR count). The van der Waals surface area contributed by atoms with Gasteiger partial charge in [-0.15, -0.1) is 0 Å². The Kier molecular flexibility index (Phi) is 4.55. The molecule has 0 saturated heterocycles. The van der Waals surface area contributed by atoms with Crippen molar-refractivity contribution in [3.05, 3.63) is 53.9 Å². The van der Waals surface area contributed by atoms with Crippen LogP contribution >= 0.6 is 0 Å². The summed E-state index contributed by atoms with van der Waals surface area (Å²) in [5.41, 5.74) is 1.92. The van der Waals surface area contributed by atoms with Gasteiger partial charge in [-0.05, 0) is 36.8 Å². The minimum atomic E-state index is -0.958. The predicted octanol–water partition coefficient (Wildman–Crippen LogP) is 2.37. The standard InChI is InChI=1S/C15H16N2O3/c1-12-8-9-16-17(12)10-11-20-14-5-2-13(3-6-14)4-7-15(18)19/h2-9H,10-11H2,1H3,(H,18,19). The van der Waals surface area contributed by atoms with Crippen molar-refractivity contribution in [1.82, 2.24) is 9.78 Å². The smallest absolute Gasteiger partial charge is 0.328 e. The van der Waals surface area contributed by atoms with Gasteiger partial charge in [0.2, 0.25) is 0 Å². The fourth-order valence-electron chi connectivity index (χ4n) is 1.73. The van der Waals surface area contributed by atoms with Crippen molar-refractivity contribution in [2.24, 2.45) is 0 Å². The Morgan fingerprint density at radius 3 is 2.70 bits per heavy atom. The highest BCUT2D eigenvalue weighted by Gasteiger charge is 1.98. The van der Waals surface area contributed by atoms with E-state index in [1.54, 1.807) is 12.3 Å². The topological polar surface area (TPSA) is 64.4 Å². The largest absolute Gasteiger partial charge is 0.492 e. The van der Waals surface area contributed by atoms with Crippen molar-refractivity contribution in [2.45, 2.75) is 13.5 Å². The zero-order chi connectivity index (χ0) is 14.4. The Balaban J connectivity index is 1.85. The Bertz CT molecular complexity index is 600. The van der Waals surface area contributed by atoms with E-state index >= 15 is 0 Å². The summed E-state index contributed by atoms with van der Waals surface area (Å²) in [6, 6.07) is 9.21. The van der Waals surface area contributed by atoms with Crippen LogP contribution in [-0.2, 0) is 11.3 Å².